The number of carbonyl (C=O) groups is 3. The van der Waals surface area contributed by atoms with E-state index in [4.69, 9.17) is 18.3 Å². The first-order valence-electron chi connectivity index (χ1n) is 15.9. The van der Waals surface area contributed by atoms with Gasteiger partial charge in [0, 0.05) is 28.8 Å². The van der Waals surface area contributed by atoms with Crippen LogP contribution < -0.4 is 25.4 Å². The first-order chi connectivity index (χ1) is 25.0. The maximum absolute atomic E-state index is 14.0. The molecule has 1 aliphatic heterocycles. The minimum Gasteiger partial charge on any atom is -0.490 e. The fraction of sp³-hybridized carbons (Fsp3) is 0.216. The molecule has 0 aromatic heterocycles. The number of amides is 3. The van der Waals surface area contributed by atoms with Crippen LogP contribution in [0.25, 0.3) is 0 Å². The number of anilines is 1. The number of nitrogens with one attached hydrogen (secondary N) is 1. The van der Waals surface area contributed by atoms with Gasteiger partial charge in [0.25, 0.3) is 5.91 Å². The summed E-state index contributed by atoms with van der Waals surface area (Å²) in [6, 6.07) is 25.6. The van der Waals surface area contributed by atoms with Crippen LogP contribution in [0.4, 0.5) is 5.69 Å². The monoisotopic (exact) mass is 739 g/mol. The van der Waals surface area contributed by atoms with Crippen LogP contribution in [0.5, 0.6) is 11.5 Å². The molecule has 14 nitrogen and oxygen atoms in total. The molecule has 3 amide bonds. The number of ether oxygens (including phenoxy) is 2. The van der Waals surface area contributed by atoms with Crippen molar-refractivity contribution in [3.05, 3.63) is 125 Å². The smallest absolute Gasteiger partial charge is 0.453 e. The zero-order valence-corrected chi connectivity index (χ0v) is 28.9. The van der Waals surface area contributed by atoms with Crippen molar-refractivity contribution in [2.24, 2.45) is 5.73 Å². The molecular formula is C37H34BN3O11S. The average molecular weight is 740 g/mol. The summed E-state index contributed by atoms with van der Waals surface area (Å²) in [4.78, 5) is 40.6. The SMILES string of the molecule is [B]C(O)(c1ccc(OC(O)(O)O)c(OCC)c1)C(O)(O)NC(=O)CC1SC(c2ccc(C#Cc3ccccc3)cc2)N(c2cccc(C(N)=O)c2)C1=O. The average Bonchev–Trinajstić information content (AvgIpc) is 3.42. The summed E-state index contributed by atoms with van der Waals surface area (Å²) in [6.07, 6.45) is -4.19. The number of aliphatic hydroxyl groups is 6. The highest BCUT2D eigenvalue weighted by Crippen LogP contribution is 2.47. The molecule has 16 heteroatoms. The largest absolute Gasteiger partial charge is 0.490 e. The predicted octanol–water partition coefficient (Wildman–Crippen LogP) is 0.857. The Morgan fingerprint density at radius 1 is 0.887 bits per heavy atom. The van der Waals surface area contributed by atoms with Crippen LogP contribution in [0.2, 0.25) is 0 Å². The zero-order chi connectivity index (χ0) is 38.6. The van der Waals surface area contributed by atoms with E-state index in [0.29, 0.717) is 16.8 Å². The van der Waals surface area contributed by atoms with Crippen molar-refractivity contribution in [2.45, 2.75) is 41.5 Å². The van der Waals surface area contributed by atoms with Crippen molar-refractivity contribution in [1.29, 1.82) is 0 Å². The van der Waals surface area contributed by atoms with Gasteiger partial charge in [0.05, 0.1) is 11.9 Å². The maximum Gasteiger partial charge on any atom is 0.453 e. The maximum atomic E-state index is 14.0. The number of carbonyl (C=O) groups excluding carboxylic acids is 3. The van der Waals surface area contributed by atoms with E-state index >= 15 is 0 Å². The number of nitrogens with two attached hydrogens (primary N) is 1. The number of thioether (sulfide) groups is 1. The summed E-state index contributed by atoms with van der Waals surface area (Å²) in [5.74, 6) is -0.428. The minimum absolute atomic E-state index is 0.0113. The van der Waals surface area contributed by atoms with E-state index in [0.717, 1.165) is 35.5 Å². The summed E-state index contributed by atoms with van der Waals surface area (Å²) in [5.41, 5.74) is 4.61. The highest BCUT2D eigenvalue weighted by atomic mass is 32.2. The van der Waals surface area contributed by atoms with Gasteiger partial charge in [-0.05, 0) is 72.6 Å². The Bertz CT molecular complexity index is 2040. The lowest BCUT2D eigenvalue weighted by Gasteiger charge is -2.38. The van der Waals surface area contributed by atoms with Crippen LogP contribution in [-0.4, -0.2) is 80.1 Å². The third-order valence-corrected chi connectivity index (χ3v) is 9.35. The Hall–Kier alpha value is -5.38. The Kier molecular flexibility index (Phi) is 11.5. The van der Waals surface area contributed by atoms with Crippen molar-refractivity contribution in [3.63, 3.8) is 0 Å². The molecule has 1 aliphatic rings. The highest BCUT2D eigenvalue weighted by molar-refractivity contribution is 8.01. The van der Waals surface area contributed by atoms with Crippen molar-refractivity contribution < 1.29 is 54.5 Å². The molecule has 5 rings (SSSR count). The van der Waals surface area contributed by atoms with E-state index in [1.165, 1.54) is 17.0 Å². The normalized spacial score (nSPS) is 17.0. The standard InChI is InChI=1S/C37H34BN3O11S/c1-2-51-29-20-26(17-18-28(29)52-37(48,49)50)35(38,45)36(46,47)40-31(42)21-30-33(44)41(27-10-6-9-25(19-27)32(39)43)34(53-30)24-15-13-23(14-16-24)12-11-22-7-4-3-5-8-22/h3-10,13-20,30,34,45-50H,2,21H2,1H3,(H2,39,43)(H,40,42). The van der Waals surface area contributed by atoms with Gasteiger partial charge in [0.2, 0.25) is 17.7 Å². The van der Waals surface area contributed by atoms with Gasteiger partial charge in [0.1, 0.15) is 18.7 Å². The molecule has 0 saturated carbocycles. The van der Waals surface area contributed by atoms with E-state index < -0.39 is 63.6 Å². The number of nitrogens with zero attached hydrogens (tertiary/aromatic N) is 1. The van der Waals surface area contributed by atoms with Crippen LogP contribution in [0, 0.1) is 11.8 Å². The lowest BCUT2D eigenvalue weighted by molar-refractivity contribution is -0.419. The van der Waals surface area contributed by atoms with E-state index in [-0.39, 0.29) is 17.9 Å². The van der Waals surface area contributed by atoms with Crippen LogP contribution in [-0.2, 0) is 15.1 Å². The summed E-state index contributed by atoms with van der Waals surface area (Å²) < 4.78 is 9.89. The second kappa shape index (κ2) is 15.7. The van der Waals surface area contributed by atoms with Gasteiger partial charge < -0.3 is 51.2 Å². The number of hydrogen-bond donors (Lipinski definition) is 8. The van der Waals surface area contributed by atoms with Gasteiger partial charge in [-0.15, -0.1) is 11.8 Å². The van der Waals surface area contributed by atoms with Gasteiger partial charge in [-0.1, -0.05) is 54.3 Å². The number of benzene rings is 4. The molecule has 0 bridgehead atoms. The molecule has 4 aromatic carbocycles. The van der Waals surface area contributed by atoms with Crippen molar-refractivity contribution >= 4 is 43.0 Å². The molecule has 1 saturated heterocycles. The number of hydrogen-bond acceptors (Lipinski definition) is 12. The van der Waals surface area contributed by atoms with Gasteiger partial charge in [-0.3, -0.25) is 19.3 Å². The summed E-state index contributed by atoms with van der Waals surface area (Å²) in [6.45, 7) is 1.54. The zero-order valence-electron chi connectivity index (χ0n) is 28.0. The molecule has 3 atom stereocenters. The molecule has 0 spiro atoms. The fourth-order valence-electron chi connectivity index (χ4n) is 5.33. The molecular weight excluding hydrogens is 705 g/mol. The van der Waals surface area contributed by atoms with Gasteiger partial charge in [-0.25, -0.2) is 0 Å². The summed E-state index contributed by atoms with van der Waals surface area (Å²) in [7, 11) is 5.91. The third-order valence-electron chi connectivity index (χ3n) is 7.92. The number of primary amides is 1. The number of rotatable bonds is 12. The Balaban J connectivity index is 1.38. The van der Waals surface area contributed by atoms with Crippen LogP contribution in [0.15, 0.2) is 97.1 Å². The molecule has 1 heterocycles. The first-order valence-corrected chi connectivity index (χ1v) is 16.9. The molecule has 0 aliphatic carbocycles. The summed E-state index contributed by atoms with van der Waals surface area (Å²) >= 11 is 1.09. The second-order valence-corrected chi connectivity index (χ2v) is 13.1. The van der Waals surface area contributed by atoms with Gasteiger partial charge in [0.15, 0.2) is 11.5 Å². The highest BCUT2D eigenvalue weighted by Gasteiger charge is 2.49. The predicted molar refractivity (Wildman–Crippen MR) is 193 cm³/mol. The molecule has 1 fully saturated rings. The Morgan fingerprint density at radius 3 is 2.17 bits per heavy atom. The van der Waals surface area contributed by atoms with Gasteiger partial charge >= 0.3 is 6.16 Å². The van der Waals surface area contributed by atoms with Crippen LogP contribution in [0.3, 0.4) is 0 Å². The van der Waals surface area contributed by atoms with Crippen molar-refractivity contribution in [3.8, 4) is 23.3 Å². The van der Waals surface area contributed by atoms with E-state index in [9.17, 15) is 45.0 Å². The van der Waals surface area contributed by atoms with E-state index in [1.807, 2.05) is 35.6 Å². The first kappa shape index (κ1) is 38.8. The topological polar surface area (TPSA) is 232 Å². The van der Waals surface area contributed by atoms with Crippen molar-refractivity contribution in [1.82, 2.24) is 5.32 Å². The second-order valence-electron chi connectivity index (χ2n) is 11.8. The molecule has 4 aromatic rings. The lowest BCUT2D eigenvalue weighted by atomic mass is 9.72. The molecule has 3 unspecified atom stereocenters. The van der Waals surface area contributed by atoms with Crippen LogP contribution in [0.1, 0.15) is 51.3 Å². The summed E-state index contributed by atoms with van der Waals surface area (Å²) in [5, 5.41) is 60.5. The third kappa shape index (κ3) is 9.17. The van der Waals surface area contributed by atoms with E-state index in [1.54, 1.807) is 43.3 Å². The fourth-order valence-corrected chi connectivity index (χ4v) is 6.78. The quantitative estimate of drug-likeness (QED) is 0.0575. The molecule has 272 valence electrons. The van der Waals surface area contributed by atoms with Crippen molar-refractivity contribution in [2.75, 3.05) is 11.5 Å². The Labute approximate surface area is 309 Å². The molecule has 9 N–H and O–H groups in total. The van der Waals surface area contributed by atoms with Crippen LogP contribution >= 0.6 is 11.8 Å². The molecule has 53 heavy (non-hydrogen) atoms. The van der Waals surface area contributed by atoms with Gasteiger partial charge in [-0.2, -0.15) is 0 Å². The Morgan fingerprint density at radius 2 is 1.55 bits per heavy atom. The lowest BCUT2D eigenvalue weighted by Crippen LogP contribution is -2.63. The van der Waals surface area contributed by atoms with E-state index in [2.05, 4.69) is 16.6 Å². The minimum atomic E-state index is -3.59. The molecule has 2 radical (unpaired) electrons.